The van der Waals surface area contributed by atoms with Gasteiger partial charge in [-0.2, -0.15) is 0 Å². The first-order valence-corrected chi connectivity index (χ1v) is 2.96. The molecule has 1 N–H and O–H groups in total. The largest absolute Gasteiger partial charge is 0.317 e. The Balaban J connectivity index is 2.94. The first kappa shape index (κ1) is 6.35. The molecule has 0 bridgehead atoms. The van der Waals surface area contributed by atoms with Crippen LogP contribution in [-0.4, -0.2) is 9.97 Å². The zero-order valence-corrected chi connectivity index (χ0v) is 5.89. The third kappa shape index (κ3) is 1.57. The predicted molar refractivity (Wildman–Crippen MR) is 39.4 cm³/mol. The van der Waals surface area contributed by atoms with Crippen molar-refractivity contribution in [1.82, 2.24) is 9.97 Å². The molecule has 1 heterocycles. The minimum atomic E-state index is 0.728. The van der Waals surface area contributed by atoms with Gasteiger partial charge < -0.3 is 4.72 Å². The van der Waals surface area contributed by atoms with E-state index in [1.54, 1.807) is 0 Å². The molecule has 0 saturated heterocycles. The molecule has 0 atom stereocenters. The van der Waals surface area contributed by atoms with Crippen LogP contribution in [-0.2, 0) is 0 Å². The summed E-state index contributed by atoms with van der Waals surface area (Å²) < 4.78 is 2.61. The van der Waals surface area contributed by atoms with Gasteiger partial charge in [0.1, 0.15) is 12.1 Å². The Morgan fingerprint density at radius 1 is 1.56 bits per heavy atom. The molecule has 3 nitrogen and oxygen atoms in total. The summed E-state index contributed by atoms with van der Waals surface area (Å²) in [6.45, 7) is 1.90. The maximum absolute atomic E-state index is 3.90. The summed E-state index contributed by atoms with van der Waals surface area (Å²) in [4.78, 5) is 7.76. The van der Waals surface area contributed by atoms with Crippen LogP contribution in [0.3, 0.4) is 0 Å². The quantitative estimate of drug-likeness (QED) is 0.574. The number of aromatic nitrogens is 2. The molecule has 0 aromatic carbocycles. The number of thiol groups is 1. The summed E-state index contributed by atoms with van der Waals surface area (Å²) >= 11 is 3.82. The SMILES string of the molecule is Cc1cc(NS)ncn1. The lowest BCUT2D eigenvalue weighted by Crippen LogP contribution is -1.88. The summed E-state index contributed by atoms with van der Waals surface area (Å²) in [7, 11) is 0. The second-order valence-corrected chi connectivity index (χ2v) is 1.88. The third-order valence-electron chi connectivity index (χ3n) is 0.918. The summed E-state index contributed by atoms with van der Waals surface area (Å²) in [5, 5.41) is 0. The maximum Gasteiger partial charge on any atom is 0.139 e. The van der Waals surface area contributed by atoms with E-state index in [2.05, 4.69) is 27.5 Å². The van der Waals surface area contributed by atoms with Gasteiger partial charge in [0, 0.05) is 11.8 Å². The van der Waals surface area contributed by atoms with Crippen LogP contribution in [0.15, 0.2) is 12.4 Å². The molecule has 0 amide bonds. The van der Waals surface area contributed by atoms with E-state index in [9.17, 15) is 0 Å². The van der Waals surface area contributed by atoms with Crippen LogP contribution in [0.2, 0.25) is 0 Å². The van der Waals surface area contributed by atoms with E-state index in [1.807, 2.05) is 13.0 Å². The number of nitrogens with one attached hydrogen (secondary N) is 1. The van der Waals surface area contributed by atoms with E-state index in [0.29, 0.717) is 0 Å². The Kier molecular flexibility index (Phi) is 1.89. The van der Waals surface area contributed by atoms with Gasteiger partial charge in [-0.15, -0.1) is 0 Å². The molecule has 0 spiro atoms. The van der Waals surface area contributed by atoms with Gasteiger partial charge in [0.25, 0.3) is 0 Å². The lowest BCUT2D eigenvalue weighted by molar-refractivity contribution is 1.11. The lowest BCUT2D eigenvalue weighted by Gasteiger charge is -1.95. The molecule has 4 heteroatoms. The highest BCUT2D eigenvalue weighted by Gasteiger charge is 1.88. The molecule has 1 aromatic rings. The molecule has 0 saturated carbocycles. The Morgan fingerprint density at radius 2 is 2.33 bits per heavy atom. The summed E-state index contributed by atoms with van der Waals surface area (Å²) in [6, 6.07) is 1.81. The van der Waals surface area contributed by atoms with Crippen LogP contribution in [0.5, 0.6) is 0 Å². The predicted octanol–water partition coefficient (Wildman–Crippen LogP) is 1.04. The highest BCUT2D eigenvalue weighted by molar-refractivity contribution is 7.81. The fourth-order valence-electron chi connectivity index (χ4n) is 0.516. The number of rotatable bonds is 1. The van der Waals surface area contributed by atoms with Crippen LogP contribution < -0.4 is 4.72 Å². The standard InChI is InChI=1S/C5H7N3S/c1-4-2-5(8-9)7-3-6-4/h2-3,9H,1H3,(H,6,7,8). The highest BCUT2D eigenvalue weighted by atomic mass is 32.1. The number of nitrogens with zero attached hydrogens (tertiary/aromatic N) is 2. The van der Waals surface area contributed by atoms with Crippen LogP contribution >= 0.6 is 12.8 Å². The molecule has 0 aliphatic carbocycles. The second-order valence-electron chi connectivity index (χ2n) is 1.66. The van der Waals surface area contributed by atoms with Crippen molar-refractivity contribution < 1.29 is 0 Å². The van der Waals surface area contributed by atoms with Gasteiger partial charge in [0.15, 0.2) is 0 Å². The summed E-state index contributed by atoms with van der Waals surface area (Å²) in [5.74, 6) is 0.728. The lowest BCUT2D eigenvalue weighted by atomic mass is 10.4. The fraction of sp³-hybridized carbons (Fsp3) is 0.200. The van der Waals surface area contributed by atoms with Crippen molar-refractivity contribution >= 4 is 18.6 Å². The minimum Gasteiger partial charge on any atom is -0.317 e. The van der Waals surface area contributed by atoms with E-state index in [0.717, 1.165) is 11.5 Å². The number of hydrogen-bond acceptors (Lipinski definition) is 4. The van der Waals surface area contributed by atoms with E-state index in [1.165, 1.54) is 6.33 Å². The Morgan fingerprint density at radius 3 is 2.78 bits per heavy atom. The van der Waals surface area contributed by atoms with E-state index in [4.69, 9.17) is 0 Å². The molecule has 9 heavy (non-hydrogen) atoms. The van der Waals surface area contributed by atoms with E-state index >= 15 is 0 Å². The van der Waals surface area contributed by atoms with Crippen molar-refractivity contribution in [2.45, 2.75) is 6.92 Å². The van der Waals surface area contributed by atoms with Crippen molar-refractivity contribution in [3.63, 3.8) is 0 Å². The molecule has 1 aromatic heterocycles. The van der Waals surface area contributed by atoms with Gasteiger partial charge in [-0.25, -0.2) is 9.97 Å². The molecule has 0 radical (unpaired) electrons. The Hall–Kier alpha value is -0.770. The number of anilines is 1. The van der Waals surface area contributed by atoms with Gasteiger partial charge in [-0.3, -0.25) is 0 Å². The topological polar surface area (TPSA) is 37.8 Å². The van der Waals surface area contributed by atoms with Crippen molar-refractivity contribution in [2.75, 3.05) is 4.72 Å². The Labute approximate surface area is 59.1 Å². The molecule has 0 unspecified atom stereocenters. The molecule has 0 aliphatic heterocycles. The van der Waals surface area contributed by atoms with Gasteiger partial charge >= 0.3 is 0 Å². The van der Waals surface area contributed by atoms with Crippen molar-refractivity contribution in [1.29, 1.82) is 0 Å². The molecular formula is C5H7N3S. The van der Waals surface area contributed by atoms with Crippen molar-refractivity contribution in [2.24, 2.45) is 0 Å². The van der Waals surface area contributed by atoms with Gasteiger partial charge in [0.2, 0.25) is 0 Å². The maximum atomic E-state index is 3.90. The summed E-state index contributed by atoms with van der Waals surface area (Å²) in [6.07, 6.45) is 1.49. The molecule has 0 aliphatic rings. The first-order chi connectivity index (χ1) is 4.33. The van der Waals surface area contributed by atoms with Crippen molar-refractivity contribution in [3.8, 4) is 0 Å². The van der Waals surface area contributed by atoms with Gasteiger partial charge in [-0.05, 0) is 6.92 Å². The van der Waals surface area contributed by atoms with Crippen LogP contribution in [0, 0.1) is 6.92 Å². The third-order valence-corrected chi connectivity index (χ3v) is 1.15. The molecular weight excluding hydrogens is 134 g/mol. The monoisotopic (exact) mass is 141 g/mol. The number of aryl methyl sites for hydroxylation is 1. The normalized spacial score (nSPS) is 9.11. The zero-order valence-electron chi connectivity index (χ0n) is 5.00. The van der Waals surface area contributed by atoms with Gasteiger partial charge in [0.05, 0.1) is 0 Å². The molecule has 1 rings (SSSR count). The molecule has 48 valence electrons. The second kappa shape index (κ2) is 2.68. The number of hydrogen-bond donors (Lipinski definition) is 2. The smallest absolute Gasteiger partial charge is 0.139 e. The first-order valence-electron chi connectivity index (χ1n) is 2.51. The Bertz CT molecular complexity index is 201. The average Bonchev–Trinajstić information content (AvgIpc) is 1.88. The van der Waals surface area contributed by atoms with Crippen molar-refractivity contribution in [3.05, 3.63) is 18.1 Å². The van der Waals surface area contributed by atoms with E-state index < -0.39 is 0 Å². The zero-order chi connectivity index (χ0) is 6.69. The van der Waals surface area contributed by atoms with Crippen LogP contribution in [0.1, 0.15) is 5.69 Å². The average molecular weight is 141 g/mol. The fourth-order valence-corrected chi connectivity index (χ4v) is 0.638. The van der Waals surface area contributed by atoms with Gasteiger partial charge in [-0.1, -0.05) is 12.8 Å². The highest BCUT2D eigenvalue weighted by Crippen LogP contribution is 2.01. The van der Waals surface area contributed by atoms with E-state index in [-0.39, 0.29) is 0 Å². The molecule has 0 fully saturated rings. The van der Waals surface area contributed by atoms with Crippen LogP contribution in [0.4, 0.5) is 5.82 Å². The summed E-state index contributed by atoms with van der Waals surface area (Å²) in [5.41, 5.74) is 0.932. The van der Waals surface area contributed by atoms with Crippen LogP contribution in [0.25, 0.3) is 0 Å². The minimum absolute atomic E-state index is 0.728.